The number of nitrogens with one attached hydrogen (secondary N) is 1. The van der Waals surface area contributed by atoms with E-state index in [0.29, 0.717) is 24.7 Å². The topological polar surface area (TPSA) is 86.3 Å². The number of hydrogen-bond acceptors (Lipinski definition) is 6. The van der Waals surface area contributed by atoms with Crippen LogP contribution in [0.5, 0.6) is 17.2 Å². The van der Waals surface area contributed by atoms with E-state index < -0.39 is 23.0 Å². The van der Waals surface area contributed by atoms with Crippen LogP contribution in [0.4, 0.5) is 4.79 Å². The Morgan fingerprint density at radius 1 is 1.09 bits per heavy atom. The summed E-state index contributed by atoms with van der Waals surface area (Å²) >= 11 is 0. The molecule has 33 heavy (non-hydrogen) atoms. The highest BCUT2D eigenvalue weighted by Gasteiger charge is 2.47. The van der Waals surface area contributed by atoms with Crippen molar-refractivity contribution in [2.24, 2.45) is 0 Å². The molecule has 0 bridgehead atoms. The van der Waals surface area contributed by atoms with Crippen molar-refractivity contribution in [2.45, 2.75) is 70.8 Å². The lowest BCUT2D eigenvalue weighted by molar-refractivity contribution is -0.273. The summed E-state index contributed by atoms with van der Waals surface area (Å²) in [6.07, 6.45) is 0.243. The van der Waals surface area contributed by atoms with Gasteiger partial charge in [-0.1, -0.05) is 25.1 Å². The third-order valence-electron chi connectivity index (χ3n) is 5.52. The second kappa shape index (κ2) is 9.61. The third kappa shape index (κ3) is 6.62. The molecule has 1 amide bonds. The number of phenols is 1. The summed E-state index contributed by atoms with van der Waals surface area (Å²) in [5.74, 6) is 0.525. The van der Waals surface area contributed by atoms with E-state index in [1.54, 1.807) is 24.3 Å². The van der Waals surface area contributed by atoms with Gasteiger partial charge in [-0.05, 0) is 70.9 Å². The molecule has 0 aromatic heterocycles. The van der Waals surface area contributed by atoms with Gasteiger partial charge in [0, 0.05) is 12.0 Å². The Labute approximate surface area is 196 Å². The van der Waals surface area contributed by atoms with Crippen LogP contribution in [0, 0.1) is 0 Å². The van der Waals surface area contributed by atoms with Gasteiger partial charge in [-0.25, -0.2) is 4.79 Å². The van der Waals surface area contributed by atoms with E-state index in [4.69, 9.17) is 18.9 Å². The molecule has 0 radical (unpaired) electrons. The molecule has 1 aliphatic heterocycles. The van der Waals surface area contributed by atoms with Crippen LogP contribution in [0.25, 0.3) is 0 Å². The predicted octanol–water partition coefficient (Wildman–Crippen LogP) is 5.72. The van der Waals surface area contributed by atoms with Crippen molar-refractivity contribution in [1.82, 2.24) is 5.32 Å². The molecule has 7 heteroatoms. The van der Waals surface area contributed by atoms with Crippen LogP contribution in [0.3, 0.4) is 0 Å². The smallest absolute Gasteiger partial charge is 0.408 e. The minimum atomic E-state index is -0.791. The van der Waals surface area contributed by atoms with Crippen LogP contribution in [0.1, 0.15) is 59.4 Å². The Kier molecular flexibility index (Phi) is 7.24. The molecule has 1 atom stereocenters. The van der Waals surface area contributed by atoms with Crippen molar-refractivity contribution in [3.63, 3.8) is 0 Å². The van der Waals surface area contributed by atoms with E-state index in [1.807, 2.05) is 58.9 Å². The highest BCUT2D eigenvalue weighted by atomic mass is 16.7. The van der Waals surface area contributed by atoms with E-state index >= 15 is 0 Å². The van der Waals surface area contributed by atoms with Crippen LogP contribution in [0.15, 0.2) is 48.5 Å². The van der Waals surface area contributed by atoms with Crippen LogP contribution in [-0.4, -0.2) is 41.3 Å². The average Bonchev–Trinajstić information content (AvgIpc) is 2.71. The second-order valence-electron chi connectivity index (χ2n) is 9.89. The molecule has 1 saturated heterocycles. The fourth-order valence-electron chi connectivity index (χ4n) is 3.95. The number of carbonyl (C=O) groups excluding carboxylic acids is 1. The summed E-state index contributed by atoms with van der Waals surface area (Å²) in [6, 6.07) is 14.4. The molecule has 1 unspecified atom stereocenters. The van der Waals surface area contributed by atoms with Gasteiger partial charge < -0.3 is 29.4 Å². The molecule has 3 rings (SSSR count). The summed E-state index contributed by atoms with van der Waals surface area (Å²) in [4.78, 5) is 12.7. The van der Waals surface area contributed by atoms with Gasteiger partial charge in [-0.3, -0.25) is 0 Å². The summed E-state index contributed by atoms with van der Waals surface area (Å²) in [5.41, 5.74) is -0.392. The van der Waals surface area contributed by atoms with E-state index in [0.717, 1.165) is 12.0 Å². The van der Waals surface area contributed by atoms with Crippen molar-refractivity contribution in [3.05, 3.63) is 54.1 Å². The van der Waals surface area contributed by atoms with Gasteiger partial charge in [0.25, 0.3) is 0 Å². The summed E-state index contributed by atoms with van der Waals surface area (Å²) in [5, 5.41) is 12.7. The Morgan fingerprint density at radius 3 is 2.27 bits per heavy atom. The largest absolute Gasteiger partial charge is 0.508 e. The molecule has 7 nitrogen and oxygen atoms in total. The molecule has 0 saturated carbocycles. The molecule has 180 valence electrons. The molecule has 1 aliphatic rings. The normalized spacial score (nSPS) is 18.2. The lowest BCUT2D eigenvalue weighted by Crippen LogP contribution is -2.64. The molecule has 2 aromatic rings. The molecule has 1 heterocycles. The molecule has 1 fully saturated rings. The number of phenolic OH excluding ortho intramolecular Hbond substituents is 1. The van der Waals surface area contributed by atoms with Crippen molar-refractivity contribution in [3.8, 4) is 17.2 Å². The lowest BCUT2D eigenvalue weighted by Gasteiger charge is -2.47. The van der Waals surface area contributed by atoms with E-state index in [-0.39, 0.29) is 11.7 Å². The Balaban J connectivity index is 1.84. The second-order valence-corrected chi connectivity index (χ2v) is 9.89. The highest BCUT2D eigenvalue weighted by molar-refractivity contribution is 5.69. The number of alkyl carbamates (subject to hydrolysis) is 1. The number of aromatic hydroxyl groups is 1. The van der Waals surface area contributed by atoms with Crippen molar-refractivity contribution >= 4 is 6.09 Å². The minimum absolute atomic E-state index is 0.0871. The van der Waals surface area contributed by atoms with Gasteiger partial charge in [0.15, 0.2) is 5.79 Å². The maximum atomic E-state index is 12.7. The molecule has 2 aromatic carbocycles. The minimum Gasteiger partial charge on any atom is -0.508 e. The van der Waals surface area contributed by atoms with Crippen molar-refractivity contribution in [2.75, 3.05) is 13.2 Å². The fraction of sp³-hybridized carbons (Fsp3) is 0.500. The quantitative estimate of drug-likeness (QED) is 0.577. The van der Waals surface area contributed by atoms with E-state index in [1.165, 1.54) is 0 Å². The zero-order valence-electron chi connectivity index (χ0n) is 20.3. The molecule has 2 N–H and O–H groups in total. The van der Waals surface area contributed by atoms with Crippen LogP contribution in [0.2, 0.25) is 0 Å². The van der Waals surface area contributed by atoms with Gasteiger partial charge in [0.1, 0.15) is 22.8 Å². The summed E-state index contributed by atoms with van der Waals surface area (Å²) in [7, 11) is 0. The van der Waals surface area contributed by atoms with Gasteiger partial charge >= 0.3 is 6.09 Å². The van der Waals surface area contributed by atoms with Crippen LogP contribution < -0.4 is 10.1 Å². The number of carbonyl (C=O) groups is 1. The van der Waals surface area contributed by atoms with Gasteiger partial charge in [-0.15, -0.1) is 0 Å². The third-order valence-corrected chi connectivity index (χ3v) is 5.52. The molecule has 0 spiro atoms. The van der Waals surface area contributed by atoms with Gasteiger partial charge in [0.2, 0.25) is 0 Å². The van der Waals surface area contributed by atoms with E-state index in [9.17, 15) is 9.90 Å². The summed E-state index contributed by atoms with van der Waals surface area (Å²) in [6.45, 7) is 11.9. The fourth-order valence-corrected chi connectivity index (χ4v) is 3.95. The number of amides is 1. The van der Waals surface area contributed by atoms with Crippen molar-refractivity contribution in [1.29, 1.82) is 0 Å². The first-order chi connectivity index (χ1) is 15.4. The number of benzene rings is 2. The Hall–Kier alpha value is -2.77. The van der Waals surface area contributed by atoms with Crippen LogP contribution >= 0.6 is 0 Å². The lowest BCUT2D eigenvalue weighted by atomic mass is 9.77. The van der Waals surface area contributed by atoms with Gasteiger partial charge in [0.05, 0.1) is 18.8 Å². The number of ether oxygens (including phenoxy) is 4. The SMILES string of the molecule is CCC(c1ccc(Oc2cccc(O)c2)cc1)C1(NC(=O)OC(C)(C)C)COC(C)(C)OC1. The number of rotatable bonds is 6. The monoisotopic (exact) mass is 457 g/mol. The Morgan fingerprint density at radius 2 is 1.73 bits per heavy atom. The van der Waals surface area contributed by atoms with Crippen LogP contribution in [-0.2, 0) is 14.2 Å². The number of hydrogen-bond donors (Lipinski definition) is 2. The zero-order chi connectivity index (χ0) is 24.3. The zero-order valence-corrected chi connectivity index (χ0v) is 20.3. The Bertz CT molecular complexity index is 938. The van der Waals surface area contributed by atoms with E-state index in [2.05, 4.69) is 12.2 Å². The van der Waals surface area contributed by atoms with Gasteiger partial charge in [-0.2, -0.15) is 0 Å². The molecular weight excluding hydrogens is 422 g/mol. The highest BCUT2D eigenvalue weighted by Crippen LogP contribution is 2.38. The first-order valence-corrected chi connectivity index (χ1v) is 11.3. The van der Waals surface area contributed by atoms with Crippen molar-refractivity contribution < 1.29 is 28.8 Å². The molecule has 0 aliphatic carbocycles. The molecular formula is C26H35NO6. The standard InChI is InChI=1S/C26H35NO6/c1-7-22(18-11-13-20(14-12-18)32-21-10-8-9-19(28)15-21)26(16-30-25(5,6)31-17-26)27-23(29)33-24(2,3)4/h8-15,22,28H,7,16-17H2,1-6H3,(H,27,29). The first-order valence-electron chi connectivity index (χ1n) is 11.3. The average molecular weight is 458 g/mol. The summed E-state index contributed by atoms with van der Waals surface area (Å²) < 4.78 is 23.4. The maximum Gasteiger partial charge on any atom is 0.408 e. The first kappa shape index (κ1) is 24.9. The maximum absolute atomic E-state index is 12.7. The predicted molar refractivity (Wildman–Crippen MR) is 126 cm³/mol.